The lowest BCUT2D eigenvalue weighted by Gasteiger charge is -2.04. The van der Waals surface area contributed by atoms with Crippen molar-refractivity contribution in [3.8, 4) is 11.3 Å². The quantitative estimate of drug-likeness (QED) is 0.566. The third-order valence-corrected chi connectivity index (χ3v) is 3.24. The van der Waals surface area contributed by atoms with E-state index >= 15 is 0 Å². The van der Waals surface area contributed by atoms with E-state index in [2.05, 4.69) is 35.4 Å². The molecular formula is C15H10N2. The van der Waals surface area contributed by atoms with Gasteiger partial charge in [-0.25, -0.2) is 9.98 Å². The Hall–Kier alpha value is -2.22. The maximum Gasteiger partial charge on any atom is 0.0987 e. The largest absolute Gasteiger partial charge is 0.246 e. The molecule has 2 heteroatoms. The zero-order chi connectivity index (χ0) is 11.2. The van der Waals surface area contributed by atoms with Crippen LogP contribution in [0.4, 0.5) is 5.69 Å². The minimum Gasteiger partial charge on any atom is -0.246 e. The van der Waals surface area contributed by atoms with Crippen LogP contribution in [0.2, 0.25) is 0 Å². The Morgan fingerprint density at radius 2 is 2.06 bits per heavy atom. The van der Waals surface area contributed by atoms with Crippen molar-refractivity contribution in [3.05, 3.63) is 58.8 Å². The summed E-state index contributed by atoms with van der Waals surface area (Å²) in [7, 11) is 0. The van der Waals surface area contributed by atoms with Gasteiger partial charge in [-0.05, 0) is 30.2 Å². The lowest BCUT2D eigenvalue weighted by molar-refractivity contribution is 1.11. The van der Waals surface area contributed by atoms with Crippen LogP contribution in [0.3, 0.4) is 0 Å². The molecule has 0 unspecified atom stereocenters. The van der Waals surface area contributed by atoms with Crippen LogP contribution in [0.25, 0.3) is 17.3 Å². The molecule has 0 N–H and O–H groups in total. The Kier molecular flexibility index (Phi) is 1.64. The summed E-state index contributed by atoms with van der Waals surface area (Å²) in [6.07, 6.45) is 7.25. The maximum absolute atomic E-state index is 4.73. The van der Waals surface area contributed by atoms with Crippen LogP contribution < -0.4 is 10.7 Å². The van der Waals surface area contributed by atoms with Gasteiger partial charge in [0.2, 0.25) is 0 Å². The molecule has 0 spiro atoms. The molecule has 2 aromatic rings. The molecule has 1 aromatic heterocycles. The molecule has 2 aliphatic rings. The van der Waals surface area contributed by atoms with Crippen molar-refractivity contribution in [1.29, 1.82) is 0 Å². The number of allylic oxidation sites excluding steroid dienone is 2. The van der Waals surface area contributed by atoms with Gasteiger partial charge >= 0.3 is 0 Å². The lowest BCUT2D eigenvalue weighted by Crippen LogP contribution is -2.22. The molecule has 17 heavy (non-hydrogen) atoms. The average Bonchev–Trinajstić information content (AvgIpc) is 2.73. The van der Waals surface area contributed by atoms with Crippen LogP contribution in [-0.2, 0) is 6.42 Å². The van der Waals surface area contributed by atoms with E-state index in [0.29, 0.717) is 0 Å². The maximum atomic E-state index is 4.73. The Balaban J connectivity index is 2.10. The molecule has 4 rings (SSSR count). The van der Waals surface area contributed by atoms with Gasteiger partial charge in [-0.3, -0.25) is 0 Å². The van der Waals surface area contributed by atoms with Crippen LogP contribution >= 0.6 is 0 Å². The summed E-state index contributed by atoms with van der Waals surface area (Å²) in [6, 6.07) is 10.3. The molecule has 0 bridgehead atoms. The van der Waals surface area contributed by atoms with E-state index in [9.17, 15) is 0 Å². The highest BCUT2D eigenvalue weighted by Gasteiger charge is 2.15. The van der Waals surface area contributed by atoms with Gasteiger partial charge in [-0.1, -0.05) is 30.4 Å². The van der Waals surface area contributed by atoms with Gasteiger partial charge in [-0.15, -0.1) is 0 Å². The summed E-state index contributed by atoms with van der Waals surface area (Å²) in [5, 5.41) is 2.09. The summed E-state index contributed by atoms with van der Waals surface area (Å²) >= 11 is 0. The normalized spacial score (nSPS) is 14.4. The van der Waals surface area contributed by atoms with Crippen molar-refractivity contribution < 1.29 is 0 Å². The number of fused-ring (bicyclic) bond motifs is 4. The van der Waals surface area contributed by atoms with Crippen LogP contribution in [0.15, 0.2) is 47.5 Å². The number of aromatic nitrogens is 1. The second kappa shape index (κ2) is 3.14. The minimum atomic E-state index is 0.956. The van der Waals surface area contributed by atoms with Gasteiger partial charge < -0.3 is 0 Å². The summed E-state index contributed by atoms with van der Waals surface area (Å²) in [6.45, 7) is 0. The number of rotatable bonds is 0. The third-order valence-electron chi connectivity index (χ3n) is 3.24. The number of hydrogen-bond acceptors (Lipinski definition) is 2. The number of nitrogens with zero attached hydrogens (tertiary/aromatic N) is 2. The molecule has 2 nitrogen and oxygen atoms in total. The Labute approximate surface area is 98.7 Å². The first-order valence-corrected chi connectivity index (χ1v) is 5.77. The molecule has 0 saturated heterocycles. The highest BCUT2D eigenvalue weighted by atomic mass is 14.8. The molecule has 0 atom stereocenters. The summed E-state index contributed by atoms with van der Waals surface area (Å²) in [5.41, 5.74) is 4.47. The third kappa shape index (κ3) is 1.21. The fourth-order valence-corrected chi connectivity index (χ4v) is 2.40. The monoisotopic (exact) mass is 218 g/mol. The molecule has 80 valence electrons. The highest BCUT2D eigenvalue weighted by molar-refractivity contribution is 5.76. The Morgan fingerprint density at radius 1 is 1.12 bits per heavy atom. The van der Waals surface area contributed by atoms with E-state index in [1.165, 1.54) is 5.56 Å². The number of hydrogen-bond donors (Lipinski definition) is 0. The molecule has 1 aromatic carbocycles. The van der Waals surface area contributed by atoms with Crippen molar-refractivity contribution in [2.75, 3.05) is 0 Å². The molecule has 1 aliphatic heterocycles. The van der Waals surface area contributed by atoms with E-state index in [4.69, 9.17) is 4.98 Å². The molecule has 1 aliphatic carbocycles. The fraction of sp³-hybridized carbons (Fsp3) is 0.0667. The van der Waals surface area contributed by atoms with Crippen LogP contribution in [0, 0.1) is 0 Å². The number of pyridine rings is 1. The first kappa shape index (κ1) is 8.88. The first-order valence-electron chi connectivity index (χ1n) is 5.77. The number of para-hydroxylation sites is 1. The summed E-state index contributed by atoms with van der Waals surface area (Å²) < 4.78 is 0. The van der Waals surface area contributed by atoms with E-state index in [1.54, 1.807) is 0 Å². The zero-order valence-electron chi connectivity index (χ0n) is 9.22. The fourth-order valence-electron chi connectivity index (χ4n) is 2.40. The molecule has 2 heterocycles. The molecule has 0 amide bonds. The van der Waals surface area contributed by atoms with Gasteiger partial charge in [0.05, 0.1) is 22.1 Å². The number of benzene rings is 1. The second-order valence-corrected chi connectivity index (χ2v) is 4.33. The topological polar surface area (TPSA) is 25.2 Å². The van der Waals surface area contributed by atoms with Crippen molar-refractivity contribution >= 4 is 11.8 Å². The Morgan fingerprint density at radius 3 is 3.06 bits per heavy atom. The minimum absolute atomic E-state index is 0.956. The van der Waals surface area contributed by atoms with Gasteiger partial charge in [0.1, 0.15) is 0 Å². The van der Waals surface area contributed by atoms with E-state index in [1.807, 2.05) is 18.2 Å². The molecule has 0 fully saturated rings. The smallest absolute Gasteiger partial charge is 0.0987 e. The Bertz CT molecular complexity index is 770. The van der Waals surface area contributed by atoms with Gasteiger partial charge in [0, 0.05) is 5.56 Å². The molecular weight excluding hydrogens is 208 g/mol. The average molecular weight is 218 g/mol. The van der Waals surface area contributed by atoms with E-state index < -0.39 is 0 Å². The SMILES string of the molecule is C1=CCc2cc3c(nc2=C1)-c1ccccc1N=3. The van der Waals surface area contributed by atoms with Gasteiger partial charge in [0.15, 0.2) is 0 Å². The van der Waals surface area contributed by atoms with Crippen molar-refractivity contribution in [2.24, 2.45) is 4.99 Å². The van der Waals surface area contributed by atoms with Crippen LogP contribution in [-0.4, -0.2) is 4.98 Å². The first-order chi connectivity index (χ1) is 8.42. The van der Waals surface area contributed by atoms with Crippen molar-refractivity contribution in [2.45, 2.75) is 6.42 Å². The molecule has 0 radical (unpaired) electrons. The predicted octanol–water partition coefficient (Wildman–Crippen LogP) is 1.91. The van der Waals surface area contributed by atoms with Crippen LogP contribution in [0.1, 0.15) is 5.56 Å². The second-order valence-electron chi connectivity index (χ2n) is 4.33. The highest BCUT2D eigenvalue weighted by Crippen LogP contribution is 2.30. The van der Waals surface area contributed by atoms with E-state index in [-0.39, 0.29) is 0 Å². The van der Waals surface area contributed by atoms with Gasteiger partial charge in [-0.2, -0.15) is 0 Å². The van der Waals surface area contributed by atoms with Crippen molar-refractivity contribution in [1.82, 2.24) is 4.98 Å². The predicted molar refractivity (Wildman–Crippen MR) is 67.4 cm³/mol. The van der Waals surface area contributed by atoms with E-state index in [0.717, 1.165) is 34.1 Å². The molecule has 0 saturated carbocycles. The summed E-state index contributed by atoms with van der Waals surface area (Å²) in [4.78, 5) is 9.36. The van der Waals surface area contributed by atoms with Crippen molar-refractivity contribution in [3.63, 3.8) is 0 Å². The summed E-state index contributed by atoms with van der Waals surface area (Å²) in [5.74, 6) is 0. The standard InChI is InChI=1S/C15H10N2/c1-3-7-12-10(5-1)9-14-15(17-12)11-6-2-4-8-13(11)16-14/h1-4,6-9H,5H2. The van der Waals surface area contributed by atoms with Gasteiger partial charge in [0.25, 0.3) is 0 Å². The lowest BCUT2D eigenvalue weighted by atomic mass is 10.1. The van der Waals surface area contributed by atoms with Crippen LogP contribution in [0.5, 0.6) is 0 Å². The zero-order valence-corrected chi connectivity index (χ0v) is 9.22.